The number of carbonyl (C=O) groups is 2. The molecule has 2 heterocycles. The quantitative estimate of drug-likeness (QED) is 0.719. The van der Waals surface area contributed by atoms with Crippen molar-refractivity contribution in [2.24, 2.45) is 0 Å². The average Bonchev–Trinajstić information content (AvgIpc) is 2.81. The second-order valence-corrected chi connectivity index (χ2v) is 3.84. The molecule has 1 fully saturated rings. The van der Waals surface area contributed by atoms with Gasteiger partial charge in [0.15, 0.2) is 5.82 Å². The molecule has 1 saturated heterocycles. The van der Waals surface area contributed by atoms with E-state index in [1.165, 1.54) is 4.90 Å². The Balaban J connectivity index is 1.92. The van der Waals surface area contributed by atoms with Gasteiger partial charge in [0.25, 0.3) is 0 Å². The number of nitrogens with zero attached hydrogens (tertiary/aromatic N) is 3. The lowest BCUT2D eigenvalue weighted by Crippen LogP contribution is -2.38. The number of hydrogen-bond donors (Lipinski definition) is 1. The van der Waals surface area contributed by atoms with Crippen LogP contribution in [-0.2, 0) is 16.1 Å². The lowest BCUT2D eigenvalue weighted by molar-refractivity contribution is -0.138. The number of imide groups is 1. The Labute approximate surface area is 98.2 Å². The van der Waals surface area contributed by atoms with Crippen LogP contribution < -0.4 is 5.32 Å². The fraction of sp³-hybridized carbons (Fsp3) is 0.600. The van der Waals surface area contributed by atoms with Crippen LogP contribution in [0.2, 0.25) is 0 Å². The van der Waals surface area contributed by atoms with Gasteiger partial charge in [-0.1, -0.05) is 5.16 Å². The maximum Gasteiger partial charge on any atom is 0.246 e. The molecular formula is C10H14N4O3. The Hall–Kier alpha value is -1.76. The van der Waals surface area contributed by atoms with Crippen LogP contribution in [0.5, 0.6) is 0 Å². The number of carbonyl (C=O) groups excluding carboxylic acids is 2. The van der Waals surface area contributed by atoms with Gasteiger partial charge in [-0.2, -0.15) is 4.98 Å². The van der Waals surface area contributed by atoms with Crippen molar-refractivity contribution < 1.29 is 14.1 Å². The van der Waals surface area contributed by atoms with Crippen LogP contribution in [0.25, 0.3) is 0 Å². The minimum atomic E-state index is -0.471. The molecule has 0 radical (unpaired) electrons. The van der Waals surface area contributed by atoms with Crippen molar-refractivity contribution in [2.45, 2.75) is 32.9 Å². The third-order valence-corrected chi connectivity index (χ3v) is 2.64. The summed E-state index contributed by atoms with van der Waals surface area (Å²) in [6.07, 6.45) is 0.198. The van der Waals surface area contributed by atoms with E-state index in [0.717, 1.165) is 0 Å². The molecule has 0 aromatic carbocycles. The molecule has 2 rings (SSSR count). The highest BCUT2D eigenvalue weighted by molar-refractivity contribution is 6.05. The lowest BCUT2D eigenvalue weighted by atomic mass is 10.2. The number of likely N-dealkylation sites (N-methyl/N-ethyl adjacent to an activating group) is 1. The molecule has 1 N–H and O–H groups in total. The van der Waals surface area contributed by atoms with E-state index >= 15 is 0 Å². The molecule has 1 aromatic rings. The zero-order valence-electron chi connectivity index (χ0n) is 9.77. The molecule has 1 atom stereocenters. The van der Waals surface area contributed by atoms with E-state index in [9.17, 15) is 9.59 Å². The summed E-state index contributed by atoms with van der Waals surface area (Å²) in [5, 5.41) is 6.66. The minimum absolute atomic E-state index is 0.140. The van der Waals surface area contributed by atoms with Crippen molar-refractivity contribution in [3.8, 4) is 0 Å². The van der Waals surface area contributed by atoms with E-state index in [1.807, 2.05) is 0 Å². The SMILES string of the molecule is CCN1C(=O)CC(NCc2noc(C)n2)C1=O. The van der Waals surface area contributed by atoms with Crippen LogP contribution in [-0.4, -0.2) is 39.4 Å². The molecular weight excluding hydrogens is 224 g/mol. The van der Waals surface area contributed by atoms with Crippen molar-refractivity contribution >= 4 is 11.8 Å². The molecule has 7 heteroatoms. The van der Waals surface area contributed by atoms with Gasteiger partial charge in [0.05, 0.1) is 19.0 Å². The zero-order chi connectivity index (χ0) is 12.4. The van der Waals surface area contributed by atoms with E-state index in [1.54, 1.807) is 13.8 Å². The van der Waals surface area contributed by atoms with Gasteiger partial charge in [-0.3, -0.25) is 19.8 Å². The van der Waals surface area contributed by atoms with Crippen molar-refractivity contribution in [1.29, 1.82) is 0 Å². The molecule has 1 unspecified atom stereocenters. The van der Waals surface area contributed by atoms with Crippen LogP contribution in [0.3, 0.4) is 0 Å². The molecule has 0 aliphatic carbocycles. The standard InChI is InChI=1S/C10H14N4O3/c1-3-14-9(15)4-7(10(14)16)11-5-8-12-6(2)17-13-8/h7,11H,3-5H2,1-2H3. The van der Waals surface area contributed by atoms with Crippen molar-refractivity contribution in [3.05, 3.63) is 11.7 Å². The summed E-state index contributed by atoms with van der Waals surface area (Å²) < 4.78 is 4.81. The second kappa shape index (κ2) is 4.62. The van der Waals surface area contributed by atoms with E-state index in [0.29, 0.717) is 24.8 Å². The van der Waals surface area contributed by atoms with Gasteiger partial charge in [-0.25, -0.2) is 0 Å². The Morgan fingerprint density at radius 3 is 2.82 bits per heavy atom. The second-order valence-electron chi connectivity index (χ2n) is 3.84. The highest BCUT2D eigenvalue weighted by atomic mass is 16.5. The Morgan fingerprint density at radius 2 is 2.29 bits per heavy atom. The lowest BCUT2D eigenvalue weighted by Gasteiger charge is -2.11. The van der Waals surface area contributed by atoms with Gasteiger partial charge in [0, 0.05) is 13.5 Å². The zero-order valence-corrected chi connectivity index (χ0v) is 9.77. The van der Waals surface area contributed by atoms with Crippen LogP contribution in [0.15, 0.2) is 4.52 Å². The fourth-order valence-electron chi connectivity index (χ4n) is 1.80. The van der Waals surface area contributed by atoms with Gasteiger partial charge >= 0.3 is 0 Å². The minimum Gasteiger partial charge on any atom is -0.340 e. The van der Waals surface area contributed by atoms with E-state index in [-0.39, 0.29) is 18.2 Å². The maximum absolute atomic E-state index is 11.8. The first kappa shape index (κ1) is 11.7. The number of likely N-dealkylation sites (tertiary alicyclic amines) is 1. The van der Waals surface area contributed by atoms with Crippen molar-refractivity contribution in [1.82, 2.24) is 20.4 Å². The number of nitrogens with one attached hydrogen (secondary N) is 1. The molecule has 1 aliphatic heterocycles. The molecule has 0 saturated carbocycles. The number of hydrogen-bond acceptors (Lipinski definition) is 6. The van der Waals surface area contributed by atoms with E-state index < -0.39 is 6.04 Å². The van der Waals surface area contributed by atoms with Gasteiger partial charge in [-0.05, 0) is 6.92 Å². The maximum atomic E-state index is 11.8. The molecule has 0 bridgehead atoms. The first-order valence-electron chi connectivity index (χ1n) is 5.48. The first-order chi connectivity index (χ1) is 8.11. The van der Waals surface area contributed by atoms with Crippen LogP contribution >= 0.6 is 0 Å². The highest BCUT2D eigenvalue weighted by Crippen LogP contribution is 2.12. The number of rotatable bonds is 4. The molecule has 1 aromatic heterocycles. The Kier molecular flexibility index (Phi) is 3.19. The normalized spacial score (nSPS) is 20.4. The predicted octanol–water partition coefficient (Wildman–Crippen LogP) is -0.385. The molecule has 7 nitrogen and oxygen atoms in total. The molecule has 1 aliphatic rings. The van der Waals surface area contributed by atoms with E-state index in [2.05, 4.69) is 15.5 Å². The average molecular weight is 238 g/mol. The third kappa shape index (κ3) is 2.33. The van der Waals surface area contributed by atoms with Crippen LogP contribution in [0.4, 0.5) is 0 Å². The predicted molar refractivity (Wildman–Crippen MR) is 56.7 cm³/mol. The topological polar surface area (TPSA) is 88.3 Å². The fourth-order valence-corrected chi connectivity index (χ4v) is 1.80. The Bertz CT molecular complexity index is 443. The Morgan fingerprint density at radius 1 is 1.53 bits per heavy atom. The summed E-state index contributed by atoms with van der Waals surface area (Å²) in [6.45, 7) is 4.20. The molecule has 2 amide bonds. The summed E-state index contributed by atoms with van der Waals surface area (Å²) in [4.78, 5) is 28.5. The molecule has 17 heavy (non-hydrogen) atoms. The van der Waals surface area contributed by atoms with Gasteiger partial charge < -0.3 is 4.52 Å². The van der Waals surface area contributed by atoms with Gasteiger partial charge in [0.1, 0.15) is 0 Å². The van der Waals surface area contributed by atoms with Crippen LogP contribution in [0.1, 0.15) is 25.1 Å². The van der Waals surface area contributed by atoms with Crippen molar-refractivity contribution in [2.75, 3.05) is 6.54 Å². The summed E-state index contributed by atoms with van der Waals surface area (Å²) in [6, 6.07) is -0.471. The molecule has 92 valence electrons. The first-order valence-corrected chi connectivity index (χ1v) is 5.48. The van der Waals surface area contributed by atoms with Gasteiger partial charge in [0.2, 0.25) is 17.7 Å². The smallest absolute Gasteiger partial charge is 0.246 e. The summed E-state index contributed by atoms with van der Waals surface area (Å²) in [7, 11) is 0. The number of aromatic nitrogens is 2. The van der Waals surface area contributed by atoms with Crippen LogP contribution in [0, 0.1) is 6.92 Å². The highest BCUT2D eigenvalue weighted by Gasteiger charge is 2.37. The third-order valence-electron chi connectivity index (χ3n) is 2.64. The van der Waals surface area contributed by atoms with Gasteiger partial charge in [-0.15, -0.1) is 0 Å². The monoisotopic (exact) mass is 238 g/mol. The summed E-state index contributed by atoms with van der Waals surface area (Å²) in [5.41, 5.74) is 0. The largest absolute Gasteiger partial charge is 0.340 e. The summed E-state index contributed by atoms with van der Waals surface area (Å²) in [5.74, 6) is 0.639. The van der Waals surface area contributed by atoms with Crippen molar-refractivity contribution in [3.63, 3.8) is 0 Å². The van der Waals surface area contributed by atoms with E-state index in [4.69, 9.17) is 4.52 Å². The summed E-state index contributed by atoms with van der Waals surface area (Å²) >= 11 is 0. The number of amides is 2. The molecule has 0 spiro atoms. The number of aryl methyl sites for hydroxylation is 1.